The summed E-state index contributed by atoms with van der Waals surface area (Å²) in [5, 5.41) is 0. The Bertz CT molecular complexity index is 3180. The Hall–Kier alpha value is -6.87. The van der Waals surface area contributed by atoms with Gasteiger partial charge in [0.25, 0.3) is 0 Å². The summed E-state index contributed by atoms with van der Waals surface area (Å²) in [7, 11) is 0. The first-order chi connectivity index (χ1) is 32.7. The fourth-order valence-electron chi connectivity index (χ4n) is 10.3. The maximum absolute atomic E-state index is 6.99. The van der Waals surface area contributed by atoms with Gasteiger partial charge in [0.15, 0.2) is 0 Å². The second kappa shape index (κ2) is 18.6. The van der Waals surface area contributed by atoms with Crippen molar-refractivity contribution in [3.63, 3.8) is 0 Å². The van der Waals surface area contributed by atoms with Crippen LogP contribution in [0.2, 0.25) is 0 Å². The van der Waals surface area contributed by atoms with Crippen molar-refractivity contribution < 1.29 is 25.8 Å². The van der Waals surface area contributed by atoms with Gasteiger partial charge in [0.2, 0.25) is 0 Å². The number of ether oxygens (including phenoxy) is 1. The summed E-state index contributed by atoms with van der Waals surface area (Å²) in [5.74, 6) is 1.16. The molecule has 0 N–H and O–H groups in total. The monoisotopic (exact) mass is 1080 g/mol. The molecule has 69 heavy (non-hydrogen) atoms. The molecule has 0 amide bonds. The number of aromatic nitrogens is 2. The summed E-state index contributed by atoms with van der Waals surface area (Å²) >= 11 is 0. The zero-order valence-corrected chi connectivity index (χ0v) is 43.2. The number of fused-ring (bicyclic) bond motifs is 3. The number of nitrogens with zero attached hydrogens (tertiary/aromatic N) is 3. The van der Waals surface area contributed by atoms with Crippen LogP contribution in [0.5, 0.6) is 11.5 Å². The predicted molar refractivity (Wildman–Crippen MR) is 281 cm³/mol. The Kier molecular flexibility index (Phi) is 12.7. The molecule has 0 spiro atoms. The van der Waals surface area contributed by atoms with Crippen LogP contribution in [0.3, 0.4) is 0 Å². The van der Waals surface area contributed by atoms with E-state index in [-0.39, 0.29) is 31.9 Å². The standard InChI is InChI=1S/C64H57N3O.Pt/c1-42-35-43(2)61(44(3)36-42)46-37-45(59-41-52(32-34-65-59)67(50-28-24-47(25-29-50)62(4,5)6)51-30-26-48(27-31-51)63(7,8)9)38-54(39-46)68-53-18-16-17-49(40-53)64(60-23-14-15-33-66-60)57-21-12-10-19-55(57)56-20-11-13-22-58(56)64;/h10-37,39,41H,1-9H3;/q-2;+2. The largest absolute Gasteiger partial charge is 2.00 e. The molecule has 0 saturated carbocycles. The molecule has 0 atom stereocenters. The van der Waals surface area contributed by atoms with Crippen molar-refractivity contribution in [1.29, 1.82) is 0 Å². The predicted octanol–water partition coefficient (Wildman–Crippen LogP) is 16.6. The van der Waals surface area contributed by atoms with E-state index in [1.807, 2.05) is 24.5 Å². The number of hydrogen-bond donors (Lipinski definition) is 0. The Morgan fingerprint density at radius 3 is 1.65 bits per heavy atom. The summed E-state index contributed by atoms with van der Waals surface area (Å²) in [5.41, 5.74) is 19.1. The van der Waals surface area contributed by atoms with Gasteiger partial charge >= 0.3 is 21.1 Å². The Labute approximate surface area is 423 Å². The molecule has 0 fully saturated rings. The van der Waals surface area contributed by atoms with Crippen LogP contribution < -0.4 is 9.64 Å². The van der Waals surface area contributed by atoms with E-state index in [0.29, 0.717) is 11.5 Å². The molecule has 5 heteroatoms. The third-order valence-corrected chi connectivity index (χ3v) is 13.5. The van der Waals surface area contributed by atoms with Gasteiger partial charge in [-0.25, -0.2) is 0 Å². The van der Waals surface area contributed by atoms with Crippen LogP contribution >= 0.6 is 0 Å². The van der Waals surface area contributed by atoms with Crippen molar-refractivity contribution in [3.8, 4) is 45.0 Å². The molecule has 4 nitrogen and oxygen atoms in total. The zero-order valence-electron chi connectivity index (χ0n) is 40.9. The van der Waals surface area contributed by atoms with Gasteiger partial charge in [-0.1, -0.05) is 162 Å². The van der Waals surface area contributed by atoms with Crippen molar-refractivity contribution in [1.82, 2.24) is 9.97 Å². The number of benzene rings is 7. The minimum atomic E-state index is -0.711. The number of rotatable bonds is 9. The third kappa shape index (κ3) is 8.88. The average molecular weight is 1080 g/mol. The fraction of sp³-hybridized carbons (Fsp3) is 0.188. The van der Waals surface area contributed by atoms with Crippen LogP contribution in [-0.4, -0.2) is 9.97 Å². The summed E-state index contributed by atoms with van der Waals surface area (Å²) in [6.07, 6.45) is 3.78. The smallest absolute Gasteiger partial charge is 0.503 e. The van der Waals surface area contributed by atoms with Crippen LogP contribution in [0.25, 0.3) is 33.5 Å². The minimum Gasteiger partial charge on any atom is -0.503 e. The van der Waals surface area contributed by atoms with E-state index in [9.17, 15) is 0 Å². The van der Waals surface area contributed by atoms with Crippen LogP contribution in [0.15, 0.2) is 182 Å². The first-order valence-corrected chi connectivity index (χ1v) is 23.6. The van der Waals surface area contributed by atoms with Crippen molar-refractivity contribution in [3.05, 3.63) is 245 Å². The van der Waals surface area contributed by atoms with Crippen molar-refractivity contribution in [2.24, 2.45) is 0 Å². The quantitative estimate of drug-likeness (QED) is 0.135. The van der Waals surface area contributed by atoms with Gasteiger partial charge in [0.05, 0.1) is 11.1 Å². The first kappa shape index (κ1) is 47.2. The molecule has 2 heterocycles. The maximum atomic E-state index is 6.99. The van der Waals surface area contributed by atoms with Crippen LogP contribution in [0, 0.1) is 32.9 Å². The summed E-state index contributed by atoms with van der Waals surface area (Å²) < 4.78 is 6.99. The molecular formula is C64H57N3OPt. The Morgan fingerprint density at radius 2 is 1.09 bits per heavy atom. The molecule has 1 aliphatic carbocycles. The molecule has 7 aromatic carbocycles. The van der Waals surface area contributed by atoms with Gasteiger partial charge in [0, 0.05) is 41.0 Å². The van der Waals surface area contributed by atoms with E-state index in [1.54, 1.807) is 0 Å². The fourth-order valence-corrected chi connectivity index (χ4v) is 10.3. The maximum Gasteiger partial charge on any atom is 2.00 e. The molecule has 1 aliphatic rings. The topological polar surface area (TPSA) is 38.2 Å². The van der Waals surface area contributed by atoms with E-state index >= 15 is 0 Å². The van der Waals surface area contributed by atoms with Crippen molar-refractivity contribution >= 4 is 17.1 Å². The summed E-state index contributed by atoms with van der Waals surface area (Å²) in [6.45, 7) is 20.0. The summed E-state index contributed by atoms with van der Waals surface area (Å²) in [6, 6.07) is 68.1. The number of anilines is 3. The summed E-state index contributed by atoms with van der Waals surface area (Å²) in [4.78, 5) is 12.4. The van der Waals surface area contributed by atoms with Gasteiger partial charge in [-0.05, 0) is 130 Å². The Balaban J connectivity index is 0.00000593. The second-order valence-corrected chi connectivity index (χ2v) is 20.3. The molecular weight excluding hydrogens is 1020 g/mol. The molecule has 0 radical (unpaired) electrons. The molecule has 0 unspecified atom stereocenters. The van der Waals surface area contributed by atoms with Gasteiger partial charge in [-0.15, -0.1) is 29.3 Å². The average Bonchev–Trinajstić information content (AvgIpc) is 3.63. The first-order valence-electron chi connectivity index (χ1n) is 23.6. The van der Waals surface area contributed by atoms with E-state index in [2.05, 4.69) is 237 Å². The van der Waals surface area contributed by atoms with Crippen molar-refractivity contribution in [2.45, 2.75) is 78.6 Å². The zero-order chi connectivity index (χ0) is 47.4. The van der Waals surface area contributed by atoms with Gasteiger partial charge < -0.3 is 14.6 Å². The van der Waals surface area contributed by atoms with E-state index in [1.165, 1.54) is 50.1 Å². The molecule has 0 bridgehead atoms. The van der Waals surface area contributed by atoms with Crippen LogP contribution in [0.4, 0.5) is 17.1 Å². The molecule has 2 aromatic heterocycles. The molecule has 9 aromatic rings. The molecule has 0 aliphatic heterocycles. The van der Waals surface area contributed by atoms with Crippen LogP contribution in [-0.2, 0) is 37.3 Å². The SMILES string of the molecule is Cc1cc(C)c(-c2cc(Oc3[c-]c(C4(c5ccccn5)c5ccccc5-c5ccccc54)ccc3)[c-]c(-c3cc(N(c4ccc(C(C)(C)C)cc4)c4ccc(C(C)(C)C)cc4)ccn3)c2)c(C)c1.[Pt+2]. The second-order valence-electron chi connectivity index (χ2n) is 20.3. The number of hydrogen-bond acceptors (Lipinski definition) is 4. The molecule has 0 saturated heterocycles. The van der Waals surface area contributed by atoms with Gasteiger partial charge in [-0.3, -0.25) is 4.98 Å². The van der Waals surface area contributed by atoms with Crippen LogP contribution in [0.1, 0.15) is 91.7 Å². The van der Waals surface area contributed by atoms with Crippen molar-refractivity contribution in [2.75, 3.05) is 4.90 Å². The number of pyridine rings is 2. The molecule has 10 rings (SSSR count). The van der Waals surface area contributed by atoms with Gasteiger partial charge in [-0.2, -0.15) is 12.1 Å². The molecule has 344 valence electrons. The van der Waals surface area contributed by atoms with E-state index in [4.69, 9.17) is 14.7 Å². The third-order valence-electron chi connectivity index (χ3n) is 13.5. The van der Waals surface area contributed by atoms with E-state index < -0.39 is 5.41 Å². The number of aryl methyl sites for hydroxylation is 3. The normalized spacial score (nSPS) is 12.7. The van der Waals surface area contributed by atoms with E-state index in [0.717, 1.165) is 50.7 Å². The minimum absolute atomic E-state index is 0. The van der Waals surface area contributed by atoms with Gasteiger partial charge in [0.1, 0.15) is 0 Å². The Morgan fingerprint density at radius 1 is 0.507 bits per heavy atom.